The van der Waals surface area contributed by atoms with Gasteiger partial charge in [0.15, 0.2) is 0 Å². The zero-order valence-electron chi connectivity index (χ0n) is 15.5. The second-order valence-electron chi connectivity index (χ2n) is 5.73. The van der Waals surface area contributed by atoms with Gasteiger partial charge in [-0.3, -0.25) is 10.1 Å². The van der Waals surface area contributed by atoms with Crippen LogP contribution in [0.4, 0.5) is 16.2 Å². The molecule has 2 amide bonds. The van der Waals surface area contributed by atoms with E-state index in [1.807, 2.05) is 24.3 Å². The molecule has 0 saturated heterocycles. The second kappa shape index (κ2) is 10.8. The highest BCUT2D eigenvalue weighted by atomic mass is 16.6. The zero-order chi connectivity index (χ0) is 19.5. The Morgan fingerprint density at radius 3 is 2.30 bits per heavy atom. The lowest BCUT2D eigenvalue weighted by atomic mass is 10.1. The molecule has 0 aromatic heterocycles. The molecule has 0 radical (unpaired) electrons. The predicted molar refractivity (Wildman–Crippen MR) is 103 cm³/mol. The molecule has 2 aromatic rings. The van der Waals surface area contributed by atoms with E-state index in [9.17, 15) is 9.59 Å². The van der Waals surface area contributed by atoms with E-state index >= 15 is 0 Å². The van der Waals surface area contributed by atoms with E-state index in [0.717, 1.165) is 11.3 Å². The Morgan fingerprint density at radius 2 is 1.63 bits per heavy atom. The van der Waals surface area contributed by atoms with E-state index in [-0.39, 0.29) is 12.5 Å². The summed E-state index contributed by atoms with van der Waals surface area (Å²) in [6, 6.07) is 14.5. The van der Waals surface area contributed by atoms with Gasteiger partial charge in [0.05, 0.1) is 13.7 Å². The van der Waals surface area contributed by atoms with Gasteiger partial charge >= 0.3 is 6.09 Å². The number of anilines is 2. The largest absolute Gasteiger partial charge is 0.497 e. The van der Waals surface area contributed by atoms with Gasteiger partial charge in [-0.15, -0.1) is 0 Å². The molecule has 0 aliphatic heterocycles. The Balaban J connectivity index is 1.81. The summed E-state index contributed by atoms with van der Waals surface area (Å²) in [7, 11) is 3.15. The van der Waals surface area contributed by atoms with Gasteiger partial charge in [-0.2, -0.15) is 0 Å². The molecule has 27 heavy (non-hydrogen) atoms. The summed E-state index contributed by atoms with van der Waals surface area (Å²) in [5, 5.41) is 5.43. The first-order chi connectivity index (χ1) is 13.1. The van der Waals surface area contributed by atoms with E-state index in [1.165, 1.54) is 7.11 Å². The van der Waals surface area contributed by atoms with Crippen LogP contribution in [0.2, 0.25) is 0 Å². The lowest BCUT2D eigenvalue weighted by Crippen LogP contribution is -2.17. The Bertz CT molecular complexity index is 746. The first kappa shape index (κ1) is 20.3. The minimum atomic E-state index is -0.574. The van der Waals surface area contributed by atoms with Gasteiger partial charge in [-0.25, -0.2) is 4.79 Å². The molecule has 7 nitrogen and oxygen atoms in total. The van der Waals surface area contributed by atoms with Crippen LogP contribution in [-0.4, -0.2) is 39.4 Å². The maximum Gasteiger partial charge on any atom is 0.411 e. The van der Waals surface area contributed by atoms with Gasteiger partial charge in [-0.1, -0.05) is 18.2 Å². The second-order valence-corrected chi connectivity index (χ2v) is 5.73. The third-order valence-electron chi connectivity index (χ3n) is 3.71. The summed E-state index contributed by atoms with van der Waals surface area (Å²) in [6.07, 6.45) is 0.401. The summed E-state index contributed by atoms with van der Waals surface area (Å²) in [6.45, 7) is 0.502. The normalized spacial score (nSPS) is 10.1. The fourth-order valence-corrected chi connectivity index (χ4v) is 2.32. The van der Waals surface area contributed by atoms with Crippen molar-refractivity contribution in [2.45, 2.75) is 12.8 Å². The summed E-state index contributed by atoms with van der Waals surface area (Å²) in [4.78, 5) is 23.8. The highest BCUT2D eigenvalue weighted by Gasteiger charge is 2.07. The number of nitrogens with one attached hydrogen (secondary N) is 2. The zero-order valence-corrected chi connectivity index (χ0v) is 15.5. The summed E-state index contributed by atoms with van der Waals surface area (Å²) in [5.41, 5.74) is 2.19. The van der Waals surface area contributed by atoms with Crippen molar-refractivity contribution in [2.24, 2.45) is 0 Å². The van der Waals surface area contributed by atoms with Crippen LogP contribution >= 0.6 is 0 Å². The highest BCUT2D eigenvalue weighted by molar-refractivity contribution is 5.92. The Kier molecular flexibility index (Phi) is 8.12. The standard InChI is InChI=1S/C20H24N2O5/c1-25-12-13-27-20(24)22-17-5-3-4-16(14-17)21-19(23)11-8-15-6-9-18(26-2)10-7-15/h3-7,9-10,14H,8,11-13H2,1-2H3,(H,21,23)(H,22,24). The van der Waals surface area contributed by atoms with Gasteiger partial charge in [0.25, 0.3) is 0 Å². The third kappa shape index (κ3) is 7.37. The average molecular weight is 372 g/mol. The van der Waals surface area contributed by atoms with Crippen molar-refractivity contribution in [3.63, 3.8) is 0 Å². The van der Waals surface area contributed by atoms with Crippen molar-refractivity contribution in [1.82, 2.24) is 0 Å². The van der Waals surface area contributed by atoms with Crippen molar-refractivity contribution in [2.75, 3.05) is 38.1 Å². The van der Waals surface area contributed by atoms with Crippen molar-refractivity contribution in [3.8, 4) is 5.75 Å². The molecule has 2 N–H and O–H groups in total. The van der Waals surface area contributed by atoms with Gasteiger partial charge in [0, 0.05) is 24.9 Å². The predicted octanol–water partition coefficient (Wildman–Crippen LogP) is 3.46. The van der Waals surface area contributed by atoms with E-state index in [0.29, 0.717) is 30.8 Å². The number of amides is 2. The molecule has 0 fully saturated rings. The van der Waals surface area contributed by atoms with E-state index in [1.54, 1.807) is 31.4 Å². The number of methoxy groups -OCH3 is 2. The Hall–Kier alpha value is -3.06. The van der Waals surface area contributed by atoms with Gasteiger partial charge in [0.2, 0.25) is 5.91 Å². The molecule has 0 spiro atoms. The van der Waals surface area contributed by atoms with Crippen molar-refractivity contribution < 1.29 is 23.8 Å². The SMILES string of the molecule is COCCOC(=O)Nc1cccc(NC(=O)CCc2ccc(OC)cc2)c1. The number of rotatable bonds is 9. The maximum absolute atomic E-state index is 12.2. The van der Waals surface area contributed by atoms with Crippen LogP contribution in [0.15, 0.2) is 48.5 Å². The van der Waals surface area contributed by atoms with Crippen molar-refractivity contribution in [3.05, 3.63) is 54.1 Å². The number of carbonyl (C=O) groups is 2. The molecule has 0 aliphatic carbocycles. The lowest BCUT2D eigenvalue weighted by molar-refractivity contribution is -0.116. The van der Waals surface area contributed by atoms with Crippen LogP contribution in [0.3, 0.4) is 0 Å². The Morgan fingerprint density at radius 1 is 0.926 bits per heavy atom. The molecule has 0 saturated carbocycles. The van der Waals surface area contributed by atoms with Gasteiger partial charge < -0.3 is 19.5 Å². The molecular weight excluding hydrogens is 348 g/mol. The molecule has 0 heterocycles. The number of hydrogen-bond donors (Lipinski definition) is 2. The number of hydrogen-bond acceptors (Lipinski definition) is 5. The van der Waals surface area contributed by atoms with Crippen LogP contribution in [0.5, 0.6) is 5.75 Å². The summed E-state index contributed by atoms with van der Waals surface area (Å²) in [5.74, 6) is 0.680. The molecule has 2 aromatic carbocycles. The molecule has 7 heteroatoms. The molecular formula is C20H24N2O5. The summed E-state index contributed by atoms with van der Waals surface area (Å²) < 4.78 is 14.9. The van der Waals surface area contributed by atoms with Gasteiger partial charge in [0.1, 0.15) is 12.4 Å². The fourth-order valence-electron chi connectivity index (χ4n) is 2.32. The monoisotopic (exact) mass is 372 g/mol. The highest BCUT2D eigenvalue weighted by Crippen LogP contribution is 2.17. The van der Waals surface area contributed by atoms with Gasteiger partial charge in [-0.05, 0) is 42.3 Å². The topological polar surface area (TPSA) is 85.9 Å². The minimum Gasteiger partial charge on any atom is -0.497 e. The number of benzene rings is 2. The third-order valence-corrected chi connectivity index (χ3v) is 3.71. The smallest absolute Gasteiger partial charge is 0.411 e. The maximum atomic E-state index is 12.2. The quantitative estimate of drug-likeness (QED) is 0.659. The lowest BCUT2D eigenvalue weighted by Gasteiger charge is -2.09. The van der Waals surface area contributed by atoms with Crippen LogP contribution in [0.1, 0.15) is 12.0 Å². The van der Waals surface area contributed by atoms with Crippen LogP contribution in [-0.2, 0) is 20.7 Å². The number of carbonyl (C=O) groups excluding carboxylic acids is 2. The van der Waals surface area contributed by atoms with E-state index in [4.69, 9.17) is 14.2 Å². The number of ether oxygens (including phenoxy) is 3. The average Bonchev–Trinajstić information content (AvgIpc) is 2.67. The van der Waals surface area contributed by atoms with E-state index in [2.05, 4.69) is 10.6 Å². The molecule has 0 bridgehead atoms. The first-order valence-corrected chi connectivity index (χ1v) is 8.56. The molecule has 0 unspecified atom stereocenters. The van der Waals surface area contributed by atoms with E-state index < -0.39 is 6.09 Å². The van der Waals surface area contributed by atoms with Crippen molar-refractivity contribution in [1.29, 1.82) is 0 Å². The first-order valence-electron chi connectivity index (χ1n) is 8.56. The Labute approximate surface area is 158 Å². The van der Waals surface area contributed by atoms with Crippen molar-refractivity contribution >= 4 is 23.4 Å². The fraction of sp³-hybridized carbons (Fsp3) is 0.300. The van der Waals surface area contributed by atoms with Crippen LogP contribution in [0.25, 0.3) is 0 Å². The van der Waals surface area contributed by atoms with Crippen LogP contribution in [0, 0.1) is 0 Å². The minimum absolute atomic E-state index is 0.106. The molecule has 2 rings (SSSR count). The molecule has 0 aliphatic rings. The van der Waals surface area contributed by atoms with Crippen LogP contribution < -0.4 is 15.4 Å². The molecule has 0 atom stereocenters. The summed E-state index contributed by atoms with van der Waals surface area (Å²) >= 11 is 0. The number of aryl methyl sites for hydroxylation is 1. The molecule has 144 valence electrons.